The van der Waals surface area contributed by atoms with E-state index in [4.69, 9.17) is 9.52 Å². The first kappa shape index (κ1) is 24.4. The van der Waals surface area contributed by atoms with Crippen molar-refractivity contribution < 1.29 is 9.21 Å². The predicted octanol–water partition coefficient (Wildman–Crippen LogP) is 6.46. The van der Waals surface area contributed by atoms with Crippen molar-refractivity contribution in [1.29, 1.82) is 0 Å². The number of hydrogen-bond donors (Lipinski definition) is 1. The van der Waals surface area contributed by atoms with Crippen LogP contribution in [0, 0.1) is 12.8 Å². The Morgan fingerprint density at radius 3 is 2.54 bits per heavy atom. The number of fused-ring (bicyclic) bond motifs is 1. The highest BCUT2D eigenvalue weighted by Gasteiger charge is 2.18. The molecular formula is C30H31N5O2. The Labute approximate surface area is 216 Å². The minimum absolute atomic E-state index is 0.133. The van der Waals surface area contributed by atoms with E-state index in [0.717, 1.165) is 40.6 Å². The van der Waals surface area contributed by atoms with Crippen molar-refractivity contribution in [3.05, 3.63) is 95.5 Å². The number of hydrogen-bond acceptors (Lipinski definition) is 5. The molecule has 5 rings (SSSR count). The molecule has 1 atom stereocenters. The molecule has 3 aromatic carbocycles. The summed E-state index contributed by atoms with van der Waals surface area (Å²) in [6.45, 7) is 8.17. The summed E-state index contributed by atoms with van der Waals surface area (Å²) in [7, 11) is 0. The third kappa shape index (κ3) is 5.31. The third-order valence-corrected chi connectivity index (χ3v) is 6.50. The van der Waals surface area contributed by atoms with E-state index < -0.39 is 0 Å². The molecule has 7 nitrogen and oxygen atoms in total. The van der Waals surface area contributed by atoms with Crippen LogP contribution < -0.4 is 5.32 Å². The van der Waals surface area contributed by atoms with Crippen molar-refractivity contribution >= 4 is 16.7 Å². The fourth-order valence-electron chi connectivity index (χ4n) is 4.53. The molecule has 0 aliphatic carbocycles. The Bertz CT molecular complexity index is 1540. The molecule has 0 unspecified atom stereocenters. The van der Waals surface area contributed by atoms with Gasteiger partial charge in [-0.3, -0.25) is 4.79 Å². The van der Waals surface area contributed by atoms with Gasteiger partial charge in [0.15, 0.2) is 0 Å². The van der Waals surface area contributed by atoms with E-state index in [0.29, 0.717) is 29.0 Å². The molecule has 188 valence electrons. The lowest BCUT2D eigenvalue weighted by molar-refractivity contribution is 0.0940. The standard InChI is InChI=1S/C30H31N5O2/c1-19(2)15-16-25-18-28(30-33-32-21(4)37-30)34-35(25)24-12-7-11-23(17-24)29(36)31-20(3)26-14-8-10-22-9-5-6-13-27(22)26/h5-14,17-20H,15-16H2,1-4H3,(H,31,36)/t20-/m1/s1. The average molecular weight is 494 g/mol. The summed E-state index contributed by atoms with van der Waals surface area (Å²) in [6, 6.07) is 23.8. The Hall–Kier alpha value is -4.26. The van der Waals surface area contributed by atoms with Crippen molar-refractivity contribution in [1.82, 2.24) is 25.3 Å². The highest BCUT2D eigenvalue weighted by Crippen LogP contribution is 2.26. The Balaban J connectivity index is 1.43. The molecule has 1 amide bonds. The van der Waals surface area contributed by atoms with Gasteiger partial charge in [0.05, 0.1) is 11.7 Å². The lowest BCUT2D eigenvalue weighted by Gasteiger charge is -2.17. The number of amides is 1. The number of rotatable bonds is 8. The Kier molecular flexibility index (Phi) is 6.86. The zero-order valence-electron chi connectivity index (χ0n) is 21.6. The minimum Gasteiger partial charge on any atom is -0.420 e. The molecule has 7 heteroatoms. The van der Waals surface area contributed by atoms with Crippen LogP contribution in [-0.2, 0) is 6.42 Å². The summed E-state index contributed by atoms with van der Waals surface area (Å²) in [5.41, 5.74) is 4.13. The summed E-state index contributed by atoms with van der Waals surface area (Å²) in [5, 5.41) is 18.3. The first-order valence-electron chi connectivity index (χ1n) is 12.7. The van der Waals surface area contributed by atoms with Crippen molar-refractivity contribution in [3.8, 4) is 17.3 Å². The van der Waals surface area contributed by atoms with Gasteiger partial charge in [0.2, 0.25) is 5.89 Å². The Morgan fingerprint density at radius 1 is 0.973 bits per heavy atom. The molecule has 1 N–H and O–H groups in total. The first-order chi connectivity index (χ1) is 17.9. The minimum atomic E-state index is -0.152. The molecule has 2 heterocycles. The quantitative estimate of drug-likeness (QED) is 0.268. The molecule has 0 spiro atoms. The van der Waals surface area contributed by atoms with E-state index in [-0.39, 0.29) is 11.9 Å². The molecule has 2 aromatic heterocycles. The number of carbonyl (C=O) groups is 1. The van der Waals surface area contributed by atoms with Gasteiger partial charge in [-0.15, -0.1) is 10.2 Å². The summed E-state index contributed by atoms with van der Waals surface area (Å²) in [4.78, 5) is 13.3. The van der Waals surface area contributed by atoms with E-state index in [1.807, 2.05) is 60.1 Å². The van der Waals surface area contributed by atoms with E-state index in [9.17, 15) is 4.79 Å². The molecular weight excluding hydrogens is 462 g/mol. The molecule has 0 saturated heterocycles. The molecule has 0 aliphatic heterocycles. The van der Waals surface area contributed by atoms with Gasteiger partial charge in [0, 0.05) is 18.2 Å². The van der Waals surface area contributed by atoms with Crippen LogP contribution in [0.15, 0.2) is 77.2 Å². The number of carbonyl (C=O) groups excluding carboxylic acids is 1. The zero-order chi connectivity index (χ0) is 25.9. The third-order valence-electron chi connectivity index (χ3n) is 6.50. The second-order valence-electron chi connectivity index (χ2n) is 9.81. The highest BCUT2D eigenvalue weighted by molar-refractivity contribution is 5.95. The van der Waals surface area contributed by atoms with Crippen molar-refractivity contribution in [2.24, 2.45) is 5.92 Å². The summed E-state index contributed by atoms with van der Waals surface area (Å²) in [5.74, 6) is 1.29. The maximum atomic E-state index is 13.3. The average Bonchev–Trinajstić information content (AvgIpc) is 3.53. The van der Waals surface area contributed by atoms with Gasteiger partial charge in [-0.25, -0.2) is 4.68 Å². The smallest absolute Gasteiger partial charge is 0.268 e. The van der Waals surface area contributed by atoms with Gasteiger partial charge in [-0.2, -0.15) is 5.10 Å². The van der Waals surface area contributed by atoms with Crippen LogP contribution in [-0.4, -0.2) is 25.9 Å². The van der Waals surface area contributed by atoms with Gasteiger partial charge < -0.3 is 9.73 Å². The van der Waals surface area contributed by atoms with Crippen LogP contribution in [0.25, 0.3) is 28.0 Å². The monoisotopic (exact) mass is 493 g/mol. The van der Waals surface area contributed by atoms with E-state index in [1.165, 1.54) is 0 Å². The number of nitrogens with one attached hydrogen (secondary N) is 1. The second-order valence-corrected chi connectivity index (χ2v) is 9.81. The van der Waals surface area contributed by atoms with Gasteiger partial charge in [-0.1, -0.05) is 62.4 Å². The highest BCUT2D eigenvalue weighted by atomic mass is 16.4. The molecule has 0 bridgehead atoms. The topological polar surface area (TPSA) is 85.8 Å². The van der Waals surface area contributed by atoms with Gasteiger partial charge in [0.25, 0.3) is 11.8 Å². The van der Waals surface area contributed by atoms with Gasteiger partial charge in [0.1, 0.15) is 5.69 Å². The number of benzene rings is 3. The maximum absolute atomic E-state index is 13.3. The second kappa shape index (κ2) is 10.4. The molecule has 0 saturated carbocycles. The number of aryl methyl sites for hydroxylation is 2. The fourth-order valence-corrected chi connectivity index (χ4v) is 4.53. The van der Waals surface area contributed by atoms with Crippen LogP contribution in [0.1, 0.15) is 60.7 Å². The van der Waals surface area contributed by atoms with Crippen LogP contribution in [0.3, 0.4) is 0 Å². The SMILES string of the molecule is Cc1nnc(-c2cc(CCC(C)C)n(-c3cccc(C(=O)N[C@H](C)c4cccc5ccccc45)c3)n2)o1. The van der Waals surface area contributed by atoms with E-state index in [1.54, 1.807) is 6.92 Å². The lowest BCUT2D eigenvalue weighted by atomic mass is 9.99. The van der Waals surface area contributed by atoms with Gasteiger partial charge >= 0.3 is 0 Å². The lowest BCUT2D eigenvalue weighted by Crippen LogP contribution is -2.27. The fraction of sp³-hybridized carbons (Fsp3) is 0.267. The van der Waals surface area contributed by atoms with Crippen molar-refractivity contribution in [3.63, 3.8) is 0 Å². The molecule has 0 fully saturated rings. The summed E-state index contributed by atoms with van der Waals surface area (Å²) < 4.78 is 7.49. The number of nitrogens with zero attached hydrogens (tertiary/aromatic N) is 4. The van der Waals surface area contributed by atoms with Crippen LogP contribution >= 0.6 is 0 Å². The summed E-state index contributed by atoms with van der Waals surface area (Å²) in [6.07, 6.45) is 1.85. The van der Waals surface area contributed by atoms with Crippen molar-refractivity contribution in [2.75, 3.05) is 0 Å². The maximum Gasteiger partial charge on any atom is 0.268 e. The van der Waals surface area contributed by atoms with Gasteiger partial charge in [-0.05, 0) is 66.3 Å². The molecule has 0 aliphatic rings. The molecule has 0 radical (unpaired) electrons. The Morgan fingerprint density at radius 2 is 1.76 bits per heavy atom. The molecule has 5 aromatic rings. The largest absolute Gasteiger partial charge is 0.420 e. The zero-order valence-corrected chi connectivity index (χ0v) is 21.6. The van der Waals surface area contributed by atoms with Crippen LogP contribution in [0.5, 0.6) is 0 Å². The number of aromatic nitrogens is 4. The van der Waals surface area contributed by atoms with Crippen LogP contribution in [0.2, 0.25) is 0 Å². The van der Waals surface area contributed by atoms with E-state index in [2.05, 4.69) is 53.6 Å². The summed E-state index contributed by atoms with van der Waals surface area (Å²) >= 11 is 0. The van der Waals surface area contributed by atoms with Crippen molar-refractivity contribution in [2.45, 2.75) is 46.6 Å². The molecule has 37 heavy (non-hydrogen) atoms. The first-order valence-corrected chi connectivity index (χ1v) is 12.7. The normalized spacial score (nSPS) is 12.2. The van der Waals surface area contributed by atoms with E-state index >= 15 is 0 Å². The predicted molar refractivity (Wildman–Crippen MR) is 145 cm³/mol. The van der Waals surface area contributed by atoms with Crippen LogP contribution in [0.4, 0.5) is 0 Å².